The maximum absolute atomic E-state index is 15.7. The molecule has 2 aliphatic heterocycles. The zero-order chi connectivity index (χ0) is 25.4. The number of allylic oxidation sites excluding steroid dienone is 1. The van der Waals surface area contributed by atoms with Crippen LogP contribution in [-0.2, 0) is 23.7 Å². The van der Waals surface area contributed by atoms with Crippen LogP contribution in [0.3, 0.4) is 0 Å². The number of ether oxygens (including phenoxy) is 4. The van der Waals surface area contributed by atoms with Crippen LogP contribution in [0, 0.1) is 11.8 Å². The van der Waals surface area contributed by atoms with Gasteiger partial charge in [0, 0.05) is 22.9 Å². The average Bonchev–Trinajstić information content (AvgIpc) is 3.40. The molecule has 2 heterocycles. The SMILES string of the molecule is CCCCC(C)(F)[C@@H](/C=C/[C@H]1CC[C@@H]2OC(C(I)CCCC(=O)OC)C(F)[C@@H]21)OC1CCCCO1. The highest BCUT2D eigenvalue weighted by atomic mass is 127. The van der Waals surface area contributed by atoms with Gasteiger partial charge in [-0.05, 0) is 64.2 Å². The molecule has 0 aromatic carbocycles. The Bertz CT molecular complexity index is 684. The normalized spacial score (nSPS) is 34.5. The predicted octanol–water partition coefficient (Wildman–Crippen LogP) is 6.65. The minimum Gasteiger partial charge on any atom is -0.469 e. The number of hydrogen-bond acceptors (Lipinski definition) is 5. The topological polar surface area (TPSA) is 54.0 Å². The van der Waals surface area contributed by atoms with Gasteiger partial charge in [0.15, 0.2) is 6.29 Å². The van der Waals surface area contributed by atoms with Crippen molar-refractivity contribution in [1.29, 1.82) is 0 Å². The quantitative estimate of drug-likeness (QED) is 0.101. The summed E-state index contributed by atoms with van der Waals surface area (Å²) in [6, 6.07) is 0. The molecule has 35 heavy (non-hydrogen) atoms. The summed E-state index contributed by atoms with van der Waals surface area (Å²) in [5.74, 6) is -0.463. The molecule has 0 amide bonds. The fourth-order valence-corrected chi connectivity index (χ4v) is 6.61. The van der Waals surface area contributed by atoms with Gasteiger partial charge in [-0.25, -0.2) is 8.78 Å². The van der Waals surface area contributed by atoms with E-state index >= 15 is 8.78 Å². The van der Waals surface area contributed by atoms with Crippen LogP contribution in [0.2, 0.25) is 0 Å². The van der Waals surface area contributed by atoms with E-state index in [-0.39, 0.29) is 34.1 Å². The Hall–Kier alpha value is -0.320. The van der Waals surface area contributed by atoms with E-state index in [1.807, 2.05) is 12.2 Å². The Labute approximate surface area is 223 Å². The molecule has 0 N–H and O–H groups in total. The van der Waals surface area contributed by atoms with E-state index in [1.54, 1.807) is 6.92 Å². The molecule has 3 fully saturated rings. The Balaban J connectivity index is 1.62. The third-order valence-corrected chi connectivity index (χ3v) is 9.08. The van der Waals surface area contributed by atoms with Crippen molar-refractivity contribution in [3.8, 4) is 0 Å². The third-order valence-electron chi connectivity index (χ3n) is 7.75. The number of methoxy groups -OCH3 is 1. The molecule has 3 aliphatic rings. The smallest absolute Gasteiger partial charge is 0.305 e. The van der Waals surface area contributed by atoms with Gasteiger partial charge >= 0.3 is 5.97 Å². The van der Waals surface area contributed by atoms with Gasteiger partial charge in [0.05, 0.1) is 13.2 Å². The van der Waals surface area contributed by atoms with Gasteiger partial charge in [0.1, 0.15) is 24.0 Å². The van der Waals surface area contributed by atoms with Gasteiger partial charge < -0.3 is 18.9 Å². The average molecular weight is 613 g/mol. The lowest BCUT2D eigenvalue weighted by Gasteiger charge is -2.33. The number of carbonyl (C=O) groups is 1. The van der Waals surface area contributed by atoms with Gasteiger partial charge in [-0.15, -0.1) is 0 Å². The molecule has 0 aromatic heterocycles. The molecule has 5 nitrogen and oxygen atoms in total. The third kappa shape index (κ3) is 8.08. The van der Waals surface area contributed by atoms with Crippen molar-refractivity contribution in [2.45, 2.75) is 125 Å². The lowest BCUT2D eigenvalue weighted by Crippen LogP contribution is -2.40. The first-order valence-corrected chi connectivity index (χ1v) is 14.7. The van der Waals surface area contributed by atoms with Crippen LogP contribution in [0.4, 0.5) is 8.78 Å². The Kier molecular flexibility index (Phi) is 11.7. The second kappa shape index (κ2) is 14.0. The number of fused-ring (bicyclic) bond motifs is 1. The monoisotopic (exact) mass is 612 g/mol. The number of halogens is 3. The summed E-state index contributed by atoms with van der Waals surface area (Å²) >= 11 is 2.25. The van der Waals surface area contributed by atoms with E-state index in [1.165, 1.54) is 7.11 Å². The standard InChI is InChI=1S/C27H43F2IO5/c1-4-5-16-27(2,29)21(35-23-11-6-7-17-33-23)15-13-18-12-14-20-24(18)25(28)26(34-20)19(30)9-8-10-22(31)32-3/h13,15,18-21,23-26H,4-12,14,16-17H2,1-3H3/b15-13+/t18-,19?,20+,21-,23?,24-,25?,26?,27?/m1/s1. The summed E-state index contributed by atoms with van der Waals surface area (Å²) in [4.78, 5) is 11.4. The van der Waals surface area contributed by atoms with Crippen molar-refractivity contribution >= 4 is 28.6 Å². The summed E-state index contributed by atoms with van der Waals surface area (Å²) in [7, 11) is 1.38. The second-order valence-corrected chi connectivity index (χ2v) is 12.1. The molecule has 0 bridgehead atoms. The Morgan fingerprint density at radius 3 is 2.74 bits per heavy atom. The molecular formula is C27H43F2IO5. The predicted molar refractivity (Wildman–Crippen MR) is 140 cm³/mol. The second-order valence-electron chi connectivity index (χ2n) is 10.5. The van der Waals surface area contributed by atoms with Crippen molar-refractivity contribution in [3.05, 3.63) is 12.2 Å². The summed E-state index contributed by atoms with van der Waals surface area (Å²) < 4.78 is 54.0. The van der Waals surface area contributed by atoms with Gasteiger partial charge in [-0.1, -0.05) is 54.5 Å². The first kappa shape index (κ1) is 29.2. The van der Waals surface area contributed by atoms with Crippen molar-refractivity contribution in [3.63, 3.8) is 0 Å². The van der Waals surface area contributed by atoms with E-state index in [4.69, 9.17) is 18.9 Å². The molecule has 5 unspecified atom stereocenters. The highest BCUT2D eigenvalue weighted by Crippen LogP contribution is 2.47. The van der Waals surface area contributed by atoms with Crippen molar-refractivity contribution in [1.82, 2.24) is 0 Å². The summed E-state index contributed by atoms with van der Waals surface area (Å²) in [6.45, 7) is 4.31. The number of rotatable bonds is 13. The van der Waals surface area contributed by atoms with Crippen molar-refractivity contribution in [2.24, 2.45) is 11.8 Å². The van der Waals surface area contributed by atoms with Crippen LogP contribution in [0.1, 0.15) is 84.5 Å². The minimum atomic E-state index is -1.51. The molecule has 0 aromatic rings. The Morgan fingerprint density at radius 1 is 1.26 bits per heavy atom. The highest BCUT2D eigenvalue weighted by molar-refractivity contribution is 14.1. The van der Waals surface area contributed by atoms with Crippen LogP contribution >= 0.6 is 22.6 Å². The summed E-state index contributed by atoms with van der Waals surface area (Å²) in [6.07, 6.45) is 9.31. The van der Waals surface area contributed by atoms with E-state index < -0.39 is 24.0 Å². The minimum absolute atomic E-state index is 0.000909. The van der Waals surface area contributed by atoms with Gasteiger partial charge in [-0.3, -0.25) is 4.79 Å². The molecule has 8 heteroatoms. The summed E-state index contributed by atoms with van der Waals surface area (Å²) in [5.41, 5.74) is -1.51. The molecular weight excluding hydrogens is 569 g/mol. The van der Waals surface area contributed by atoms with Gasteiger partial charge in [-0.2, -0.15) is 0 Å². The first-order chi connectivity index (χ1) is 16.8. The fraction of sp³-hybridized carbons (Fsp3) is 0.889. The zero-order valence-electron chi connectivity index (χ0n) is 21.4. The maximum atomic E-state index is 15.7. The molecule has 9 atom stereocenters. The fourth-order valence-electron chi connectivity index (χ4n) is 5.61. The largest absolute Gasteiger partial charge is 0.469 e. The number of alkyl halides is 3. The van der Waals surface area contributed by atoms with Crippen molar-refractivity contribution in [2.75, 3.05) is 13.7 Å². The summed E-state index contributed by atoms with van der Waals surface area (Å²) in [5, 5.41) is 0. The molecule has 3 rings (SSSR count). The number of carbonyl (C=O) groups excluding carboxylic acids is 1. The molecule has 0 spiro atoms. The van der Waals surface area contributed by atoms with Crippen LogP contribution < -0.4 is 0 Å². The van der Waals surface area contributed by atoms with Gasteiger partial charge in [0.2, 0.25) is 0 Å². The molecule has 202 valence electrons. The van der Waals surface area contributed by atoms with Crippen molar-refractivity contribution < 1.29 is 32.5 Å². The van der Waals surface area contributed by atoms with Crippen LogP contribution in [0.25, 0.3) is 0 Å². The number of unbranched alkanes of at least 4 members (excludes halogenated alkanes) is 1. The van der Waals surface area contributed by atoms with Crippen LogP contribution in [0.15, 0.2) is 12.2 Å². The van der Waals surface area contributed by atoms with Crippen LogP contribution in [-0.4, -0.2) is 60.1 Å². The van der Waals surface area contributed by atoms with Gasteiger partial charge in [0.25, 0.3) is 0 Å². The molecule has 1 saturated carbocycles. The highest BCUT2D eigenvalue weighted by Gasteiger charge is 2.53. The van der Waals surface area contributed by atoms with E-state index in [0.29, 0.717) is 32.3 Å². The molecule has 2 saturated heterocycles. The molecule has 1 aliphatic carbocycles. The Morgan fingerprint density at radius 2 is 2.06 bits per heavy atom. The van der Waals surface area contributed by atoms with E-state index in [2.05, 4.69) is 29.5 Å². The number of hydrogen-bond donors (Lipinski definition) is 0. The van der Waals surface area contributed by atoms with Crippen LogP contribution in [0.5, 0.6) is 0 Å². The first-order valence-electron chi connectivity index (χ1n) is 13.4. The molecule has 0 radical (unpaired) electrons. The zero-order valence-corrected chi connectivity index (χ0v) is 23.6. The number of esters is 1. The lowest BCUT2D eigenvalue weighted by atomic mass is 9.87. The maximum Gasteiger partial charge on any atom is 0.305 e. The van der Waals surface area contributed by atoms with E-state index in [9.17, 15) is 4.79 Å². The van der Waals surface area contributed by atoms with E-state index in [0.717, 1.165) is 44.9 Å². The lowest BCUT2D eigenvalue weighted by molar-refractivity contribution is -0.201.